The van der Waals surface area contributed by atoms with Gasteiger partial charge in [0.15, 0.2) is 0 Å². The first kappa shape index (κ1) is 16.5. The molecule has 6 heteroatoms. The second-order valence-corrected chi connectivity index (χ2v) is 6.24. The van der Waals surface area contributed by atoms with Crippen molar-refractivity contribution in [2.45, 2.75) is 12.5 Å². The van der Waals surface area contributed by atoms with E-state index in [-0.39, 0.29) is 12.6 Å². The number of aromatic nitrogens is 1. The SMILES string of the molecule is CSC[C@](C)(O)CNC(=O)Nc1cccc(-n2cccc2)c1. The number of rotatable bonds is 6. The molecule has 0 saturated carbocycles. The summed E-state index contributed by atoms with van der Waals surface area (Å²) in [5.74, 6) is 0.566. The molecule has 2 amide bonds. The Kier molecular flexibility index (Phi) is 5.51. The van der Waals surface area contributed by atoms with E-state index in [2.05, 4.69) is 10.6 Å². The van der Waals surface area contributed by atoms with Crippen molar-refractivity contribution in [3.8, 4) is 5.69 Å². The zero-order valence-electron chi connectivity index (χ0n) is 12.7. The summed E-state index contributed by atoms with van der Waals surface area (Å²) in [6, 6.07) is 11.1. The summed E-state index contributed by atoms with van der Waals surface area (Å²) in [4.78, 5) is 11.9. The molecule has 3 N–H and O–H groups in total. The van der Waals surface area contributed by atoms with Crippen LogP contribution in [-0.2, 0) is 0 Å². The number of hydrogen-bond donors (Lipinski definition) is 3. The van der Waals surface area contributed by atoms with Crippen LogP contribution in [0.2, 0.25) is 0 Å². The summed E-state index contributed by atoms with van der Waals surface area (Å²) in [6.45, 7) is 1.91. The fraction of sp³-hybridized carbons (Fsp3) is 0.312. The van der Waals surface area contributed by atoms with Gasteiger partial charge in [-0.3, -0.25) is 0 Å². The van der Waals surface area contributed by atoms with E-state index in [0.29, 0.717) is 11.4 Å². The van der Waals surface area contributed by atoms with Gasteiger partial charge in [0.2, 0.25) is 0 Å². The maximum atomic E-state index is 11.9. The van der Waals surface area contributed by atoms with Crippen LogP contribution in [0.3, 0.4) is 0 Å². The van der Waals surface area contributed by atoms with Gasteiger partial charge in [0.25, 0.3) is 0 Å². The molecule has 1 aromatic heterocycles. The van der Waals surface area contributed by atoms with Crippen LogP contribution in [0.1, 0.15) is 6.92 Å². The highest BCUT2D eigenvalue weighted by Crippen LogP contribution is 2.15. The Morgan fingerprint density at radius 2 is 2.05 bits per heavy atom. The quantitative estimate of drug-likeness (QED) is 0.767. The Labute approximate surface area is 134 Å². The number of urea groups is 1. The minimum Gasteiger partial charge on any atom is -0.387 e. The van der Waals surface area contributed by atoms with Crippen LogP contribution in [0.15, 0.2) is 48.8 Å². The van der Waals surface area contributed by atoms with Crippen molar-refractivity contribution in [2.75, 3.05) is 23.9 Å². The second kappa shape index (κ2) is 7.38. The van der Waals surface area contributed by atoms with Gasteiger partial charge in [-0.25, -0.2) is 4.79 Å². The highest BCUT2D eigenvalue weighted by Gasteiger charge is 2.20. The topological polar surface area (TPSA) is 66.3 Å². The normalized spacial score (nSPS) is 13.4. The Balaban J connectivity index is 1.93. The van der Waals surface area contributed by atoms with Crippen LogP contribution in [-0.4, -0.2) is 39.9 Å². The van der Waals surface area contributed by atoms with Gasteiger partial charge in [0, 0.05) is 36.1 Å². The lowest BCUT2D eigenvalue weighted by molar-refractivity contribution is 0.0876. The molecular formula is C16H21N3O2S. The van der Waals surface area contributed by atoms with Crippen molar-refractivity contribution in [2.24, 2.45) is 0 Å². The van der Waals surface area contributed by atoms with Crippen molar-refractivity contribution >= 4 is 23.5 Å². The third-order valence-corrected chi connectivity index (χ3v) is 4.00. The van der Waals surface area contributed by atoms with Gasteiger partial charge in [0.1, 0.15) is 0 Å². The van der Waals surface area contributed by atoms with E-state index in [9.17, 15) is 9.90 Å². The molecule has 0 fully saturated rings. The monoisotopic (exact) mass is 319 g/mol. The molecule has 1 atom stereocenters. The first-order valence-corrected chi connectivity index (χ1v) is 8.39. The number of nitrogens with one attached hydrogen (secondary N) is 2. The van der Waals surface area contributed by atoms with E-state index in [4.69, 9.17) is 0 Å². The predicted octanol–water partition coefficient (Wildman–Crippen LogP) is 2.71. The molecule has 5 nitrogen and oxygen atoms in total. The number of hydrogen-bond acceptors (Lipinski definition) is 3. The van der Waals surface area contributed by atoms with Crippen LogP contribution < -0.4 is 10.6 Å². The Bertz CT molecular complexity index is 612. The average Bonchev–Trinajstić information content (AvgIpc) is 3.00. The lowest BCUT2D eigenvalue weighted by Crippen LogP contribution is -2.43. The first-order valence-electron chi connectivity index (χ1n) is 7.00. The summed E-state index contributed by atoms with van der Waals surface area (Å²) in [7, 11) is 0. The summed E-state index contributed by atoms with van der Waals surface area (Å²) < 4.78 is 1.96. The van der Waals surface area contributed by atoms with E-state index in [1.165, 1.54) is 0 Å². The van der Waals surface area contributed by atoms with Gasteiger partial charge in [-0.05, 0) is 43.5 Å². The van der Waals surface area contributed by atoms with E-state index >= 15 is 0 Å². The minimum atomic E-state index is -0.913. The van der Waals surface area contributed by atoms with Crippen LogP contribution in [0.25, 0.3) is 5.69 Å². The Morgan fingerprint density at radius 1 is 1.32 bits per heavy atom. The number of benzene rings is 1. The molecule has 0 aliphatic heterocycles. The molecule has 0 radical (unpaired) electrons. The lowest BCUT2D eigenvalue weighted by atomic mass is 10.1. The molecule has 0 unspecified atom stereocenters. The van der Waals surface area contributed by atoms with Crippen LogP contribution >= 0.6 is 11.8 Å². The summed E-state index contributed by atoms with van der Waals surface area (Å²) >= 11 is 1.54. The van der Waals surface area contributed by atoms with E-state index in [0.717, 1.165) is 5.69 Å². The molecule has 22 heavy (non-hydrogen) atoms. The van der Waals surface area contributed by atoms with Crippen molar-refractivity contribution in [1.82, 2.24) is 9.88 Å². The molecule has 0 saturated heterocycles. The van der Waals surface area contributed by atoms with Gasteiger partial charge in [-0.15, -0.1) is 0 Å². The van der Waals surface area contributed by atoms with E-state index < -0.39 is 5.60 Å². The third kappa shape index (κ3) is 4.82. The average molecular weight is 319 g/mol. The number of thioether (sulfide) groups is 1. The number of anilines is 1. The molecule has 1 aromatic carbocycles. The standard InChI is InChI=1S/C16H21N3O2S/c1-16(21,12-22-2)11-17-15(20)18-13-6-5-7-14(10-13)19-8-3-4-9-19/h3-10,21H,11-12H2,1-2H3,(H2,17,18,20)/t16-/m1/s1. The van der Waals surface area contributed by atoms with Crippen LogP contribution in [0.4, 0.5) is 10.5 Å². The summed E-state index contributed by atoms with van der Waals surface area (Å²) in [5.41, 5.74) is 0.759. The van der Waals surface area contributed by atoms with Gasteiger partial charge < -0.3 is 20.3 Å². The second-order valence-electron chi connectivity index (χ2n) is 5.38. The highest BCUT2D eigenvalue weighted by molar-refractivity contribution is 7.98. The van der Waals surface area contributed by atoms with Crippen molar-refractivity contribution in [1.29, 1.82) is 0 Å². The number of aliphatic hydroxyl groups is 1. The molecule has 0 aliphatic rings. The van der Waals surface area contributed by atoms with Crippen molar-refractivity contribution < 1.29 is 9.90 Å². The molecule has 0 bridgehead atoms. The molecular weight excluding hydrogens is 298 g/mol. The smallest absolute Gasteiger partial charge is 0.319 e. The molecule has 0 aliphatic carbocycles. The summed E-state index contributed by atoms with van der Waals surface area (Å²) in [5, 5.41) is 15.5. The summed E-state index contributed by atoms with van der Waals surface area (Å²) in [6.07, 6.45) is 5.80. The number of carbonyl (C=O) groups excluding carboxylic acids is 1. The minimum absolute atomic E-state index is 0.205. The predicted molar refractivity (Wildman–Crippen MR) is 91.8 cm³/mol. The molecule has 118 valence electrons. The van der Waals surface area contributed by atoms with Gasteiger partial charge in [0.05, 0.1) is 5.60 Å². The van der Waals surface area contributed by atoms with Gasteiger partial charge >= 0.3 is 6.03 Å². The Hall–Kier alpha value is -1.92. The number of carbonyl (C=O) groups is 1. The van der Waals surface area contributed by atoms with Crippen LogP contribution in [0.5, 0.6) is 0 Å². The largest absolute Gasteiger partial charge is 0.387 e. The van der Waals surface area contributed by atoms with E-state index in [1.54, 1.807) is 18.7 Å². The molecule has 1 heterocycles. The first-order chi connectivity index (χ1) is 10.5. The third-order valence-electron chi connectivity index (χ3n) is 3.09. The van der Waals surface area contributed by atoms with Crippen molar-refractivity contribution in [3.63, 3.8) is 0 Å². The van der Waals surface area contributed by atoms with Crippen molar-refractivity contribution in [3.05, 3.63) is 48.8 Å². The highest BCUT2D eigenvalue weighted by atomic mass is 32.2. The maximum absolute atomic E-state index is 11.9. The van der Waals surface area contributed by atoms with Crippen LogP contribution in [0, 0.1) is 0 Å². The van der Waals surface area contributed by atoms with Gasteiger partial charge in [-0.1, -0.05) is 6.07 Å². The molecule has 2 aromatic rings. The molecule has 2 rings (SSSR count). The lowest BCUT2D eigenvalue weighted by Gasteiger charge is -2.22. The zero-order chi connectivity index (χ0) is 16.0. The van der Waals surface area contributed by atoms with Gasteiger partial charge in [-0.2, -0.15) is 11.8 Å². The number of amides is 2. The maximum Gasteiger partial charge on any atom is 0.319 e. The zero-order valence-corrected chi connectivity index (χ0v) is 13.6. The molecule has 0 spiro atoms. The number of nitrogens with zero attached hydrogens (tertiary/aromatic N) is 1. The Morgan fingerprint density at radius 3 is 2.73 bits per heavy atom. The fourth-order valence-corrected chi connectivity index (χ4v) is 2.78. The van der Waals surface area contributed by atoms with E-state index in [1.807, 2.05) is 59.6 Å². The fourth-order valence-electron chi connectivity index (χ4n) is 2.06.